The van der Waals surface area contributed by atoms with Gasteiger partial charge in [0.05, 0.1) is 30.8 Å². The quantitative estimate of drug-likeness (QED) is 0.462. The number of para-hydroxylation sites is 1. The second-order valence-electron chi connectivity index (χ2n) is 7.42. The zero-order chi connectivity index (χ0) is 24.7. The molecule has 1 atom stereocenters. The Labute approximate surface area is 199 Å². The largest absolute Gasteiger partial charge is 0.493 e. The molecule has 0 fully saturated rings. The number of anilines is 1. The minimum absolute atomic E-state index is 0.170. The summed E-state index contributed by atoms with van der Waals surface area (Å²) in [5.41, 5.74) is 0.652. The lowest BCUT2D eigenvalue weighted by Gasteiger charge is -2.26. The van der Waals surface area contributed by atoms with Gasteiger partial charge in [-0.1, -0.05) is 49.4 Å². The molecule has 1 amide bonds. The topological polar surface area (TPSA) is 84.9 Å². The van der Waals surface area contributed by atoms with Crippen LogP contribution >= 0.6 is 0 Å². The van der Waals surface area contributed by atoms with Crippen molar-refractivity contribution in [1.82, 2.24) is 5.32 Å². The molecule has 0 aliphatic heterocycles. The van der Waals surface area contributed by atoms with Crippen molar-refractivity contribution in [2.45, 2.75) is 24.3 Å². The molecule has 0 aromatic heterocycles. The van der Waals surface area contributed by atoms with E-state index in [-0.39, 0.29) is 22.4 Å². The summed E-state index contributed by atoms with van der Waals surface area (Å²) < 4.78 is 53.1. The molecule has 180 valence electrons. The molecule has 3 rings (SSSR count). The number of nitrogens with one attached hydrogen (secondary N) is 1. The third kappa shape index (κ3) is 5.48. The first-order chi connectivity index (χ1) is 16.3. The SMILES string of the molecule is CCC(NC(=O)CN(c1ccccc1F)S(=O)(=O)c1ccc(OC)c(OC)c1)c1ccccc1. The Balaban J connectivity index is 1.98. The number of nitrogens with zero attached hydrogens (tertiary/aromatic N) is 1. The Morgan fingerprint density at radius 3 is 2.24 bits per heavy atom. The average Bonchev–Trinajstić information content (AvgIpc) is 2.86. The highest BCUT2D eigenvalue weighted by molar-refractivity contribution is 7.92. The van der Waals surface area contributed by atoms with Crippen LogP contribution in [0.1, 0.15) is 24.9 Å². The Morgan fingerprint density at radius 2 is 1.62 bits per heavy atom. The Hall–Kier alpha value is -3.59. The summed E-state index contributed by atoms with van der Waals surface area (Å²) in [7, 11) is -1.53. The van der Waals surface area contributed by atoms with Crippen molar-refractivity contribution in [3.63, 3.8) is 0 Å². The van der Waals surface area contributed by atoms with Gasteiger partial charge in [-0.3, -0.25) is 9.10 Å². The van der Waals surface area contributed by atoms with Crippen LogP contribution in [0.5, 0.6) is 11.5 Å². The number of hydrogen-bond donors (Lipinski definition) is 1. The summed E-state index contributed by atoms with van der Waals surface area (Å²) >= 11 is 0. The molecule has 1 unspecified atom stereocenters. The Kier molecular flexibility index (Phi) is 8.12. The molecule has 7 nitrogen and oxygen atoms in total. The molecule has 3 aromatic rings. The van der Waals surface area contributed by atoms with Crippen LogP contribution in [0.15, 0.2) is 77.7 Å². The Bertz CT molecular complexity index is 1240. The molecular weight excluding hydrogens is 459 g/mol. The Morgan fingerprint density at radius 1 is 0.971 bits per heavy atom. The highest BCUT2D eigenvalue weighted by Crippen LogP contribution is 2.33. The standard InChI is InChI=1S/C25H27FN2O5S/c1-4-21(18-10-6-5-7-11-18)27-25(29)17-28(22-13-9-8-12-20(22)26)34(30,31)19-14-15-23(32-2)24(16-19)33-3/h5-16,21H,4,17H2,1-3H3,(H,27,29). The van der Waals surface area contributed by atoms with Gasteiger partial charge in [0.15, 0.2) is 11.5 Å². The normalized spacial score (nSPS) is 12.0. The molecular formula is C25H27FN2O5S. The van der Waals surface area contributed by atoms with Crippen LogP contribution in [-0.4, -0.2) is 35.1 Å². The molecule has 0 bridgehead atoms. The molecule has 0 saturated carbocycles. The highest BCUT2D eigenvalue weighted by Gasteiger charge is 2.30. The molecule has 34 heavy (non-hydrogen) atoms. The second-order valence-corrected chi connectivity index (χ2v) is 9.28. The minimum atomic E-state index is -4.34. The first-order valence-electron chi connectivity index (χ1n) is 10.7. The van der Waals surface area contributed by atoms with Gasteiger partial charge < -0.3 is 14.8 Å². The zero-order valence-electron chi connectivity index (χ0n) is 19.2. The van der Waals surface area contributed by atoms with Crippen molar-refractivity contribution < 1.29 is 27.1 Å². The lowest BCUT2D eigenvalue weighted by atomic mass is 10.0. The van der Waals surface area contributed by atoms with Crippen molar-refractivity contribution in [2.75, 3.05) is 25.1 Å². The molecule has 0 aliphatic carbocycles. The van der Waals surface area contributed by atoms with Crippen LogP contribution in [0, 0.1) is 5.82 Å². The first kappa shape index (κ1) is 25.0. The maximum Gasteiger partial charge on any atom is 0.265 e. The number of amides is 1. The van der Waals surface area contributed by atoms with Crippen LogP contribution < -0.4 is 19.1 Å². The van der Waals surface area contributed by atoms with E-state index in [1.165, 1.54) is 50.6 Å². The van der Waals surface area contributed by atoms with Gasteiger partial charge in [-0.15, -0.1) is 0 Å². The van der Waals surface area contributed by atoms with E-state index >= 15 is 0 Å². The molecule has 1 N–H and O–H groups in total. The van der Waals surface area contributed by atoms with Gasteiger partial charge in [0.25, 0.3) is 10.0 Å². The van der Waals surface area contributed by atoms with Crippen molar-refractivity contribution in [2.24, 2.45) is 0 Å². The summed E-state index contributed by atoms with van der Waals surface area (Å²) in [5, 5.41) is 2.85. The first-order valence-corrected chi connectivity index (χ1v) is 12.1. The van der Waals surface area contributed by atoms with E-state index < -0.39 is 28.3 Å². The summed E-state index contributed by atoms with van der Waals surface area (Å²) in [6.45, 7) is 1.30. The van der Waals surface area contributed by atoms with E-state index in [9.17, 15) is 17.6 Å². The number of sulfonamides is 1. The minimum Gasteiger partial charge on any atom is -0.493 e. The van der Waals surface area contributed by atoms with Crippen LogP contribution in [0.2, 0.25) is 0 Å². The summed E-state index contributed by atoms with van der Waals surface area (Å²) in [6, 6.07) is 18.5. The number of halogens is 1. The molecule has 0 saturated heterocycles. The van der Waals surface area contributed by atoms with E-state index in [0.717, 1.165) is 15.9 Å². The van der Waals surface area contributed by atoms with Crippen LogP contribution in [0.25, 0.3) is 0 Å². The lowest BCUT2D eigenvalue weighted by Crippen LogP contribution is -2.42. The molecule has 9 heteroatoms. The predicted molar refractivity (Wildman–Crippen MR) is 128 cm³/mol. The smallest absolute Gasteiger partial charge is 0.265 e. The fourth-order valence-electron chi connectivity index (χ4n) is 3.53. The number of carbonyl (C=O) groups excluding carboxylic acids is 1. The molecule has 0 spiro atoms. The highest BCUT2D eigenvalue weighted by atomic mass is 32.2. The van der Waals surface area contributed by atoms with E-state index in [4.69, 9.17) is 9.47 Å². The molecule has 0 heterocycles. The fourth-order valence-corrected chi connectivity index (χ4v) is 4.98. The summed E-state index contributed by atoms with van der Waals surface area (Å²) in [6.07, 6.45) is 0.595. The third-order valence-corrected chi connectivity index (χ3v) is 7.05. The van der Waals surface area contributed by atoms with Crippen molar-refractivity contribution >= 4 is 21.6 Å². The van der Waals surface area contributed by atoms with E-state index in [1.807, 2.05) is 37.3 Å². The van der Waals surface area contributed by atoms with E-state index in [0.29, 0.717) is 12.2 Å². The molecule has 0 radical (unpaired) electrons. The van der Waals surface area contributed by atoms with Gasteiger partial charge in [0.2, 0.25) is 5.91 Å². The fraction of sp³-hybridized carbons (Fsp3) is 0.240. The van der Waals surface area contributed by atoms with E-state index in [1.54, 1.807) is 0 Å². The van der Waals surface area contributed by atoms with Gasteiger partial charge in [-0.05, 0) is 36.2 Å². The average molecular weight is 487 g/mol. The van der Waals surface area contributed by atoms with Gasteiger partial charge in [0, 0.05) is 6.07 Å². The monoisotopic (exact) mass is 486 g/mol. The zero-order valence-corrected chi connectivity index (χ0v) is 20.0. The number of benzene rings is 3. The maximum atomic E-state index is 14.7. The number of rotatable bonds is 10. The van der Waals surface area contributed by atoms with Crippen LogP contribution in [-0.2, 0) is 14.8 Å². The van der Waals surface area contributed by atoms with Crippen molar-refractivity contribution in [3.8, 4) is 11.5 Å². The van der Waals surface area contributed by atoms with Crippen LogP contribution in [0.4, 0.5) is 10.1 Å². The van der Waals surface area contributed by atoms with Crippen molar-refractivity contribution in [1.29, 1.82) is 0 Å². The second kappa shape index (κ2) is 11.0. The lowest BCUT2D eigenvalue weighted by molar-refractivity contribution is -0.120. The summed E-state index contributed by atoms with van der Waals surface area (Å²) in [5.74, 6) is -0.806. The van der Waals surface area contributed by atoms with Crippen LogP contribution in [0.3, 0.4) is 0 Å². The molecule has 0 aliphatic rings. The number of methoxy groups -OCH3 is 2. The maximum absolute atomic E-state index is 14.7. The van der Waals surface area contributed by atoms with E-state index in [2.05, 4.69) is 5.32 Å². The van der Waals surface area contributed by atoms with Crippen molar-refractivity contribution in [3.05, 3.63) is 84.2 Å². The number of hydrogen-bond acceptors (Lipinski definition) is 5. The van der Waals surface area contributed by atoms with Gasteiger partial charge in [0.1, 0.15) is 12.4 Å². The number of carbonyl (C=O) groups is 1. The molecule has 3 aromatic carbocycles. The van der Waals surface area contributed by atoms with Gasteiger partial charge in [-0.2, -0.15) is 0 Å². The number of ether oxygens (including phenoxy) is 2. The van der Waals surface area contributed by atoms with Gasteiger partial charge >= 0.3 is 0 Å². The predicted octanol–water partition coefficient (Wildman–Crippen LogP) is 4.31. The third-order valence-electron chi connectivity index (χ3n) is 5.30. The van der Waals surface area contributed by atoms with Gasteiger partial charge in [-0.25, -0.2) is 12.8 Å². The summed E-state index contributed by atoms with van der Waals surface area (Å²) in [4.78, 5) is 12.8.